The third-order valence-corrected chi connectivity index (χ3v) is 6.71. The Morgan fingerprint density at radius 3 is 1.94 bits per heavy atom. The number of phenols is 1. The summed E-state index contributed by atoms with van der Waals surface area (Å²) in [4.78, 5) is 2.38. The fourth-order valence-corrected chi connectivity index (χ4v) is 4.80. The lowest BCUT2D eigenvalue weighted by Gasteiger charge is -2.29. The van der Waals surface area contributed by atoms with Crippen LogP contribution in [0.4, 0.5) is 0 Å². The van der Waals surface area contributed by atoms with Gasteiger partial charge in [-0.25, -0.2) is 0 Å². The Morgan fingerprint density at radius 1 is 0.750 bits per heavy atom. The van der Waals surface area contributed by atoms with Crippen LogP contribution in [0, 0.1) is 0 Å². The van der Waals surface area contributed by atoms with Crippen molar-refractivity contribution in [1.29, 1.82) is 0 Å². The van der Waals surface area contributed by atoms with Crippen LogP contribution in [0.1, 0.15) is 27.8 Å². The molecule has 2 aliphatic heterocycles. The normalized spacial score (nSPS) is 14.6. The minimum Gasteiger partial charge on any atom is -0.508 e. The molecule has 0 amide bonds. The quantitative estimate of drug-likeness (QED) is 0.531. The van der Waals surface area contributed by atoms with Crippen LogP contribution in [0.25, 0.3) is 0 Å². The first kappa shape index (κ1) is 25.7. The summed E-state index contributed by atoms with van der Waals surface area (Å²) in [6, 6.07) is 15.7. The first-order chi connectivity index (χ1) is 17.5. The Kier molecular flexibility index (Phi) is 8.57. The fraction of sp³-hybridized carbons (Fsp3) is 0.379. The van der Waals surface area contributed by atoms with E-state index in [1.54, 1.807) is 34.5 Å². The summed E-state index contributed by atoms with van der Waals surface area (Å²) in [5.41, 5.74) is 6.41. The van der Waals surface area contributed by atoms with Gasteiger partial charge < -0.3 is 29.4 Å². The number of aromatic hydroxyl groups is 1. The molecule has 5 rings (SSSR count). The van der Waals surface area contributed by atoms with Crippen molar-refractivity contribution in [2.24, 2.45) is 0 Å². The predicted molar refractivity (Wildman–Crippen MR) is 140 cm³/mol. The number of benzene rings is 3. The van der Waals surface area contributed by atoms with Crippen molar-refractivity contribution in [3.8, 4) is 28.7 Å². The number of hydrogen-bond acceptors (Lipinski definition) is 7. The smallest absolute Gasteiger partial charge is 0.161 e. The highest BCUT2D eigenvalue weighted by Gasteiger charge is 2.19. The molecule has 0 unspecified atom stereocenters. The van der Waals surface area contributed by atoms with E-state index < -0.39 is 0 Å². The number of phenolic OH excluding ortho intramolecular Hbond substituents is 1. The van der Waals surface area contributed by atoms with Crippen molar-refractivity contribution >= 4 is 0 Å². The molecule has 0 saturated carbocycles. The Labute approximate surface area is 213 Å². The van der Waals surface area contributed by atoms with Gasteiger partial charge in [0.15, 0.2) is 23.0 Å². The number of fused-ring (bicyclic) bond motifs is 2. The van der Waals surface area contributed by atoms with E-state index in [2.05, 4.69) is 34.5 Å². The molecule has 7 nitrogen and oxygen atoms in total. The summed E-state index contributed by atoms with van der Waals surface area (Å²) < 4.78 is 21.3. The predicted octanol–water partition coefficient (Wildman–Crippen LogP) is 4.32. The SMILES string of the molecule is COc1cc2c(cc1OC)CN(Cc1cccc(O)c1)CC2.COc1cc2c(cc1OC)CNCC2. The van der Waals surface area contributed by atoms with Gasteiger partial charge in [-0.15, -0.1) is 0 Å². The molecule has 2 aliphatic rings. The highest BCUT2D eigenvalue weighted by molar-refractivity contribution is 5.49. The van der Waals surface area contributed by atoms with Gasteiger partial charge in [0.2, 0.25) is 0 Å². The molecule has 7 heteroatoms. The fourth-order valence-electron chi connectivity index (χ4n) is 4.80. The molecule has 192 valence electrons. The van der Waals surface area contributed by atoms with Crippen LogP contribution in [-0.2, 0) is 32.5 Å². The Balaban J connectivity index is 0.000000187. The van der Waals surface area contributed by atoms with Crippen LogP contribution in [-0.4, -0.2) is 51.5 Å². The summed E-state index contributed by atoms with van der Waals surface area (Å²) in [5.74, 6) is 3.53. The second-order valence-corrected chi connectivity index (χ2v) is 9.01. The summed E-state index contributed by atoms with van der Waals surface area (Å²) in [6.45, 7) is 4.68. The van der Waals surface area contributed by atoms with Crippen molar-refractivity contribution in [2.75, 3.05) is 41.5 Å². The van der Waals surface area contributed by atoms with Crippen molar-refractivity contribution in [1.82, 2.24) is 10.2 Å². The molecular weight excluding hydrogens is 456 g/mol. The van der Waals surface area contributed by atoms with E-state index in [-0.39, 0.29) is 0 Å². The summed E-state index contributed by atoms with van der Waals surface area (Å²) >= 11 is 0. The van der Waals surface area contributed by atoms with Crippen molar-refractivity contribution in [3.63, 3.8) is 0 Å². The number of hydrogen-bond donors (Lipinski definition) is 2. The summed E-state index contributed by atoms with van der Waals surface area (Å²) in [7, 11) is 6.67. The minimum absolute atomic E-state index is 0.321. The molecule has 0 spiro atoms. The van der Waals surface area contributed by atoms with Gasteiger partial charge in [-0.2, -0.15) is 0 Å². The molecule has 0 aliphatic carbocycles. The van der Waals surface area contributed by atoms with Crippen molar-refractivity contribution in [2.45, 2.75) is 32.5 Å². The van der Waals surface area contributed by atoms with E-state index in [0.717, 1.165) is 74.1 Å². The minimum atomic E-state index is 0.321. The largest absolute Gasteiger partial charge is 0.508 e. The van der Waals surface area contributed by atoms with E-state index in [1.807, 2.05) is 18.2 Å². The standard InChI is InChI=1S/C18H21NO3.C11H15NO2/c1-21-17-9-14-6-7-19(12-15(14)10-18(17)22-2)11-13-4-3-5-16(20)8-13;1-13-10-5-8-3-4-12-7-9(8)6-11(10)14-2/h3-5,8-10,20H,6-7,11-12H2,1-2H3;5-6,12H,3-4,7H2,1-2H3. The van der Waals surface area contributed by atoms with Gasteiger partial charge in [0.25, 0.3) is 0 Å². The second-order valence-electron chi connectivity index (χ2n) is 9.01. The third kappa shape index (κ3) is 6.04. The Bertz CT molecular complexity index is 1140. The van der Waals surface area contributed by atoms with Gasteiger partial charge in [0.05, 0.1) is 28.4 Å². The molecule has 3 aromatic rings. The van der Waals surface area contributed by atoms with E-state index in [4.69, 9.17) is 18.9 Å². The van der Waals surface area contributed by atoms with E-state index in [1.165, 1.54) is 22.3 Å². The molecule has 0 atom stereocenters. The Morgan fingerprint density at radius 2 is 1.33 bits per heavy atom. The number of methoxy groups -OCH3 is 4. The third-order valence-electron chi connectivity index (χ3n) is 6.71. The van der Waals surface area contributed by atoms with Crippen molar-refractivity contribution in [3.05, 3.63) is 76.3 Å². The van der Waals surface area contributed by atoms with Crippen LogP contribution >= 0.6 is 0 Å². The molecule has 0 radical (unpaired) electrons. The molecule has 2 heterocycles. The van der Waals surface area contributed by atoms with Gasteiger partial charge in [-0.1, -0.05) is 12.1 Å². The van der Waals surface area contributed by atoms with Gasteiger partial charge in [0, 0.05) is 26.2 Å². The maximum atomic E-state index is 9.58. The molecule has 2 N–H and O–H groups in total. The number of nitrogens with one attached hydrogen (secondary N) is 1. The number of nitrogens with zero attached hydrogens (tertiary/aromatic N) is 1. The first-order valence-electron chi connectivity index (χ1n) is 12.2. The lowest BCUT2D eigenvalue weighted by Crippen LogP contribution is -2.30. The molecule has 0 fully saturated rings. The van der Waals surface area contributed by atoms with E-state index in [9.17, 15) is 5.11 Å². The molecule has 0 saturated heterocycles. The highest BCUT2D eigenvalue weighted by Crippen LogP contribution is 2.34. The maximum absolute atomic E-state index is 9.58. The van der Waals surface area contributed by atoms with Gasteiger partial charge >= 0.3 is 0 Å². The lowest BCUT2D eigenvalue weighted by atomic mass is 9.98. The van der Waals surface area contributed by atoms with Crippen LogP contribution < -0.4 is 24.3 Å². The first-order valence-corrected chi connectivity index (χ1v) is 12.2. The molecule has 3 aromatic carbocycles. The van der Waals surface area contributed by atoms with Gasteiger partial charge in [-0.3, -0.25) is 4.90 Å². The average Bonchev–Trinajstić information content (AvgIpc) is 2.91. The van der Waals surface area contributed by atoms with Gasteiger partial charge in [-0.05, 0) is 83.6 Å². The lowest BCUT2D eigenvalue weighted by molar-refractivity contribution is 0.244. The molecule has 0 bridgehead atoms. The zero-order valence-corrected chi connectivity index (χ0v) is 21.6. The monoisotopic (exact) mass is 492 g/mol. The zero-order valence-electron chi connectivity index (χ0n) is 21.6. The van der Waals surface area contributed by atoms with Gasteiger partial charge in [0.1, 0.15) is 5.75 Å². The average molecular weight is 493 g/mol. The molecule has 36 heavy (non-hydrogen) atoms. The van der Waals surface area contributed by atoms with Crippen LogP contribution in [0.15, 0.2) is 48.5 Å². The van der Waals surface area contributed by atoms with Crippen LogP contribution in [0.3, 0.4) is 0 Å². The summed E-state index contributed by atoms with van der Waals surface area (Å²) in [6.07, 6.45) is 2.06. The highest BCUT2D eigenvalue weighted by atomic mass is 16.5. The number of ether oxygens (including phenoxy) is 4. The van der Waals surface area contributed by atoms with E-state index in [0.29, 0.717) is 5.75 Å². The molecular formula is C29H36N2O5. The maximum Gasteiger partial charge on any atom is 0.161 e. The topological polar surface area (TPSA) is 72.4 Å². The van der Waals surface area contributed by atoms with E-state index >= 15 is 0 Å². The summed E-state index contributed by atoms with van der Waals surface area (Å²) in [5, 5.41) is 12.9. The Hall–Kier alpha value is -3.42. The van der Waals surface area contributed by atoms with Crippen LogP contribution in [0.5, 0.6) is 28.7 Å². The van der Waals surface area contributed by atoms with Crippen LogP contribution in [0.2, 0.25) is 0 Å². The van der Waals surface area contributed by atoms with Crippen molar-refractivity contribution < 1.29 is 24.1 Å². The number of rotatable bonds is 6. The molecule has 0 aromatic heterocycles. The second kappa shape index (κ2) is 12.0. The zero-order chi connectivity index (χ0) is 25.5.